The van der Waals surface area contributed by atoms with Crippen LogP contribution >= 0.6 is 0 Å². The zero-order valence-electron chi connectivity index (χ0n) is 17.1. The van der Waals surface area contributed by atoms with Gasteiger partial charge in [0, 0.05) is 49.3 Å². The van der Waals surface area contributed by atoms with E-state index in [0.29, 0.717) is 0 Å². The fourth-order valence-electron chi connectivity index (χ4n) is 4.15. The zero-order valence-corrected chi connectivity index (χ0v) is 17.1. The number of nitrogens with one attached hydrogen (secondary N) is 2. The molecule has 1 aliphatic heterocycles. The first-order chi connectivity index (χ1) is 14.8. The molecule has 152 valence electrons. The molecule has 6 heteroatoms. The summed E-state index contributed by atoms with van der Waals surface area (Å²) in [6.07, 6.45) is 3.76. The molecule has 0 unspecified atom stereocenters. The molecule has 0 amide bonds. The summed E-state index contributed by atoms with van der Waals surface area (Å²) in [7, 11) is 1.69. The van der Waals surface area contributed by atoms with Gasteiger partial charge in [-0.25, -0.2) is 0 Å². The van der Waals surface area contributed by atoms with Gasteiger partial charge >= 0.3 is 0 Å². The smallest absolute Gasteiger partial charge is 0.118 e. The third-order valence-corrected chi connectivity index (χ3v) is 5.80. The lowest BCUT2D eigenvalue weighted by atomic mass is 10.00. The van der Waals surface area contributed by atoms with Crippen LogP contribution in [0.3, 0.4) is 0 Å². The number of ether oxygens (including phenoxy) is 1. The van der Waals surface area contributed by atoms with Gasteiger partial charge in [0.05, 0.1) is 24.7 Å². The lowest BCUT2D eigenvalue weighted by Gasteiger charge is -2.27. The number of aromatic amines is 2. The summed E-state index contributed by atoms with van der Waals surface area (Å²) in [5.41, 5.74) is 8.48. The van der Waals surface area contributed by atoms with Crippen molar-refractivity contribution < 1.29 is 4.74 Å². The Morgan fingerprint density at radius 2 is 1.87 bits per heavy atom. The van der Waals surface area contributed by atoms with Crippen molar-refractivity contribution in [3.05, 3.63) is 88.9 Å². The van der Waals surface area contributed by atoms with E-state index in [1.165, 1.54) is 27.9 Å². The number of hydrogen-bond donors (Lipinski definition) is 2. The Labute approximate surface area is 175 Å². The van der Waals surface area contributed by atoms with Gasteiger partial charge in [0.1, 0.15) is 5.75 Å². The molecule has 6 nitrogen and oxygen atoms in total. The second kappa shape index (κ2) is 8.16. The first-order valence-electron chi connectivity index (χ1n) is 10.3. The van der Waals surface area contributed by atoms with E-state index < -0.39 is 0 Å². The maximum atomic E-state index is 5.26. The zero-order chi connectivity index (χ0) is 20.3. The Morgan fingerprint density at radius 1 is 1.03 bits per heavy atom. The van der Waals surface area contributed by atoms with E-state index in [1.807, 2.05) is 24.4 Å². The van der Waals surface area contributed by atoms with Crippen LogP contribution < -0.4 is 4.74 Å². The molecule has 0 spiro atoms. The number of fused-ring (bicyclic) bond motifs is 1. The van der Waals surface area contributed by atoms with Crippen molar-refractivity contribution >= 4 is 0 Å². The molecule has 0 aliphatic carbocycles. The van der Waals surface area contributed by atoms with Crippen LogP contribution in [0.25, 0.3) is 11.3 Å². The van der Waals surface area contributed by atoms with E-state index in [-0.39, 0.29) is 0 Å². The molecule has 0 saturated carbocycles. The summed E-state index contributed by atoms with van der Waals surface area (Å²) < 4.78 is 5.26. The average Bonchev–Trinajstić information content (AvgIpc) is 3.42. The number of aromatic nitrogens is 4. The molecule has 4 aromatic rings. The minimum atomic E-state index is 0.824. The molecule has 0 bridgehead atoms. The molecular weight excluding hydrogens is 374 g/mol. The van der Waals surface area contributed by atoms with Crippen molar-refractivity contribution in [3.63, 3.8) is 0 Å². The maximum absolute atomic E-state index is 5.26. The molecule has 5 rings (SSSR count). The Balaban J connectivity index is 1.32. The first kappa shape index (κ1) is 18.6. The third kappa shape index (κ3) is 3.74. The number of methoxy groups -OCH3 is 1. The largest absolute Gasteiger partial charge is 0.497 e. The highest BCUT2D eigenvalue weighted by Crippen LogP contribution is 2.27. The Hall–Kier alpha value is -3.38. The van der Waals surface area contributed by atoms with Crippen LogP contribution in [0.15, 0.2) is 60.8 Å². The van der Waals surface area contributed by atoms with E-state index in [1.54, 1.807) is 7.11 Å². The monoisotopic (exact) mass is 399 g/mol. The van der Waals surface area contributed by atoms with Gasteiger partial charge in [-0.15, -0.1) is 0 Å². The first-order valence-corrected chi connectivity index (χ1v) is 10.3. The van der Waals surface area contributed by atoms with Crippen LogP contribution in [-0.2, 0) is 25.9 Å². The number of rotatable bonds is 6. The Morgan fingerprint density at radius 3 is 2.67 bits per heavy atom. The molecule has 2 aromatic heterocycles. The summed E-state index contributed by atoms with van der Waals surface area (Å²) in [4.78, 5) is 2.48. The highest BCUT2D eigenvalue weighted by molar-refractivity contribution is 5.62. The third-order valence-electron chi connectivity index (χ3n) is 5.80. The van der Waals surface area contributed by atoms with Crippen molar-refractivity contribution in [2.45, 2.75) is 25.9 Å². The normalized spacial score (nSPS) is 13.9. The minimum Gasteiger partial charge on any atom is -0.497 e. The molecular formula is C24H25N5O. The van der Waals surface area contributed by atoms with Gasteiger partial charge in [0.2, 0.25) is 0 Å². The van der Waals surface area contributed by atoms with Crippen LogP contribution in [0.4, 0.5) is 0 Å². The standard InChI is InChI=1S/C24H25N5O/c1-30-20-9-7-17(8-10-20)13-23-21-16-29(12-11-22(21)26-27-23)15-19-14-25-28-24(19)18-5-3-2-4-6-18/h2-10,14H,11-13,15-16H2,1H3,(H,25,28)(H,26,27). The molecule has 3 heterocycles. The fourth-order valence-corrected chi connectivity index (χ4v) is 4.15. The van der Waals surface area contributed by atoms with Crippen molar-refractivity contribution in [1.82, 2.24) is 25.3 Å². The van der Waals surface area contributed by atoms with Crippen LogP contribution in [0.5, 0.6) is 5.75 Å². The number of H-pyrrole nitrogens is 2. The van der Waals surface area contributed by atoms with Crippen LogP contribution in [0.2, 0.25) is 0 Å². The maximum Gasteiger partial charge on any atom is 0.118 e. The quantitative estimate of drug-likeness (QED) is 0.515. The topological polar surface area (TPSA) is 69.8 Å². The number of nitrogens with zero attached hydrogens (tertiary/aromatic N) is 3. The van der Waals surface area contributed by atoms with Gasteiger partial charge in [0.25, 0.3) is 0 Å². The molecule has 2 aromatic carbocycles. The van der Waals surface area contributed by atoms with Crippen molar-refractivity contribution in [2.24, 2.45) is 0 Å². The number of benzene rings is 2. The van der Waals surface area contributed by atoms with Crippen molar-refractivity contribution in [2.75, 3.05) is 13.7 Å². The predicted molar refractivity (Wildman–Crippen MR) is 116 cm³/mol. The second-order valence-electron chi connectivity index (χ2n) is 7.75. The Bertz CT molecular complexity index is 1110. The van der Waals surface area contributed by atoms with Crippen LogP contribution in [0.1, 0.15) is 28.1 Å². The highest BCUT2D eigenvalue weighted by Gasteiger charge is 2.23. The molecule has 0 saturated heterocycles. The highest BCUT2D eigenvalue weighted by atomic mass is 16.5. The fraction of sp³-hybridized carbons (Fsp3) is 0.250. The van der Waals surface area contributed by atoms with Gasteiger partial charge < -0.3 is 4.74 Å². The van der Waals surface area contributed by atoms with Crippen LogP contribution in [0, 0.1) is 0 Å². The lowest BCUT2D eigenvalue weighted by molar-refractivity contribution is 0.244. The second-order valence-corrected chi connectivity index (χ2v) is 7.75. The summed E-state index contributed by atoms with van der Waals surface area (Å²) in [5.74, 6) is 0.878. The van der Waals surface area contributed by atoms with Gasteiger partial charge in [0.15, 0.2) is 0 Å². The van der Waals surface area contributed by atoms with Crippen molar-refractivity contribution in [3.8, 4) is 17.0 Å². The molecule has 1 aliphatic rings. The SMILES string of the molecule is COc1ccc(Cc2n[nH]c3c2CN(Cc2cn[nH]c2-c2ccccc2)CC3)cc1. The van der Waals surface area contributed by atoms with E-state index in [0.717, 1.165) is 49.6 Å². The molecule has 0 atom stereocenters. The van der Waals surface area contributed by atoms with E-state index in [9.17, 15) is 0 Å². The summed E-state index contributed by atoms with van der Waals surface area (Å²) in [6.45, 7) is 2.78. The molecule has 0 fully saturated rings. The average molecular weight is 399 g/mol. The summed E-state index contributed by atoms with van der Waals surface area (Å²) in [5, 5.41) is 15.4. The summed E-state index contributed by atoms with van der Waals surface area (Å²) >= 11 is 0. The summed E-state index contributed by atoms with van der Waals surface area (Å²) in [6, 6.07) is 18.6. The predicted octanol–water partition coefficient (Wildman–Crippen LogP) is 3.96. The van der Waals surface area contributed by atoms with E-state index in [2.05, 4.69) is 61.7 Å². The molecule has 2 N–H and O–H groups in total. The van der Waals surface area contributed by atoms with Gasteiger partial charge in [-0.2, -0.15) is 10.2 Å². The lowest BCUT2D eigenvalue weighted by Crippen LogP contribution is -2.30. The van der Waals surface area contributed by atoms with Gasteiger partial charge in [-0.1, -0.05) is 42.5 Å². The van der Waals surface area contributed by atoms with E-state index in [4.69, 9.17) is 4.74 Å². The van der Waals surface area contributed by atoms with Crippen molar-refractivity contribution in [1.29, 1.82) is 0 Å². The van der Waals surface area contributed by atoms with Gasteiger partial charge in [-0.3, -0.25) is 15.1 Å². The Kier molecular flexibility index (Phi) is 5.07. The van der Waals surface area contributed by atoms with E-state index >= 15 is 0 Å². The van der Waals surface area contributed by atoms with Crippen LogP contribution in [-0.4, -0.2) is 38.9 Å². The minimum absolute atomic E-state index is 0.824. The number of hydrogen-bond acceptors (Lipinski definition) is 4. The molecule has 0 radical (unpaired) electrons. The molecule has 30 heavy (non-hydrogen) atoms. The van der Waals surface area contributed by atoms with Gasteiger partial charge in [-0.05, 0) is 23.3 Å².